The molecule has 0 atom stereocenters. The highest BCUT2D eigenvalue weighted by atomic mass is 35.5. The molecule has 0 amide bonds. The summed E-state index contributed by atoms with van der Waals surface area (Å²) in [6, 6.07) is 11.2. The zero-order valence-corrected chi connectivity index (χ0v) is 12.2. The average Bonchev–Trinajstić information content (AvgIpc) is 2.43. The van der Waals surface area contributed by atoms with Gasteiger partial charge in [-0.1, -0.05) is 35.9 Å². The Kier molecular flexibility index (Phi) is 4.88. The molecule has 0 aromatic heterocycles. The van der Waals surface area contributed by atoms with Crippen LogP contribution in [-0.4, -0.2) is 16.9 Å². The van der Waals surface area contributed by atoms with Gasteiger partial charge >= 0.3 is 0 Å². The maximum absolute atomic E-state index is 13.6. The summed E-state index contributed by atoms with van der Waals surface area (Å²) < 4.78 is 13.6. The first-order valence-corrected chi connectivity index (χ1v) is 6.70. The maximum atomic E-state index is 13.6. The molecule has 0 aliphatic carbocycles. The van der Waals surface area contributed by atoms with E-state index in [-0.39, 0.29) is 16.5 Å². The van der Waals surface area contributed by atoms with Gasteiger partial charge in [-0.25, -0.2) is 4.39 Å². The van der Waals surface area contributed by atoms with Gasteiger partial charge in [0.1, 0.15) is 10.8 Å². The molecule has 0 aliphatic rings. The van der Waals surface area contributed by atoms with E-state index in [1.54, 1.807) is 24.3 Å². The molecule has 0 heterocycles. The fraction of sp³-hybridized carbons (Fsp3) is 0.200. The van der Waals surface area contributed by atoms with E-state index in [2.05, 4.69) is 0 Å². The van der Waals surface area contributed by atoms with E-state index in [4.69, 9.17) is 11.6 Å². The number of nitro groups is 1. The van der Waals surface area contributed by atoms with Crippen LogP contribution >= 0.6 is 11.6 Å². The van der Waals surface area contributed by atoms with Crippen LogP contribution in [-0.2, 0) is 13.1 Å². The normalized spacial score (nSPS) is 10.9. The molecule has 2 aromatic carbocycles. The summed E-state index contributed by atoms with van der Waals surface area (Å²) in [4.78, 5) is 12.2. The van der Waals surface area contributed by atoms with Crippen molar-refractivity contribution in [1.29, 1.82) is 0 Å². The van der Waals surface area contributed by atoms with Crippen LogP contribution in [0.25, 0.3) is 0 Å². The number of benzene rings is 2. The SMILES string of the molecule is CN(Cc1ccc(Cl)c([N+](=O)[O-])c1)Cc1ccccc1F. The van der Waals surface area contributed by atoms with Crippen molar-refractivity contribution >= 4 is 17.3 Å². The van der Waals surface area contributed by atoms with Crippen molar-refractivity contribution in [2.45, 2.75) is 13.1 Å². The molecule has 0 spiro atoms. The van der Waals surface area contributed by atoms with Gasteiger partial charge in [-0.2, -0.15) is 0 Å². The van der Waals surface area contributed by atoms with Gasteiger partial charge in [0.25, 0.3) is 5.69 Å². The third-order valence-corrected chi connectivity index (χ3v) is 3.38. The van der Waals surface area contributed by atoms with Crippen molar-refractivity contribution in [1.82, 2.24) is 4.90 Å². The second-order valence-corrected chi connectivity index (χ2v) is 5.21. The molecule has 0 aliphatic heterocycles. The topological polar surface area (TPSA) is 46.4 Å². The predicted octanol–water partition coefficient (Wildman–Crippen LogP) is 4.02. The molecular formula is C15H14ClFN2O2. The fourth-order valence-corrected chi connectivity index (χ4v) is 2.27. The number of rotatable bonds is 5. The first kappa shape index (κ1) is 15.4. The zero-order valence-electron chi connectivity index (χ0n) is 11.4. The van der Waals surface area contributed by atoms with Gasteiger partial charge in [-0.3, -0.25) is 15.0 Å². The summed E-state index contributed by atoms with van der Waals surface area (Å²) in [5.74, 6) is -0.258. The van der Waals surface area contributed by atoms with Crippen LogP contribution in [0.1, 0.15) is 11.1 Å². The van der Waals surface area contributed by atoms with Crippen molar-refractivity contribution in [2.24, 2.45) is 0 Å². The van der Waals surface area contributed by atoms with E-state index in [0.29, 0.717) is 18.7 Å². The molecule has 4 nitrogen and oxygen atoms in total. The Hall–Kier alpha value is -1.98. The third kappa shape index (κ3) is 4.00. The van der Waals surface area contributed by atoms with Crippen LogP contribution in [0.4, 0.5) is 10.1 Å². The molecule has 6 heteroatoms. The first-order valence-electron chi connectivity index (χ1n) is 6.32. The van der Waals surface area contributed by atoms with Crippen molar-refractivity contribution in [3.05, 3.63) is 74.5 Å². The maximum Gasteiger partial charge on any atom is 0.288 e. The quantitative estimate of drug-likeness (QED) is 0.619. The molecule has 110 valence electrons. The van der Waals surface area contributed by atoms with E-state index in [9.17, 15) is 14.5 Å². The van der Waals surface area contributed by atoms with Crippen LogP contribution in [0.3, 0.4) is 0 Å². The zero-order chi connectivity index (χ0) is 15.4. The van der Waals surface area contributed by atoms with Crippen LogP contribution < -0.4 is 0 Å². The third-order valence-electron chi connectivity index (χ3n) is 3.06. The number of hydrogen-bond acceptors (Lipinski definition) is 3. The van der Waals surface area contributed by atoms with Crippen LogP contribution in [0.5, 0.6) is 0 Å². The largest absolute Gasteiger partial charge is 0.298 e. The molecule has 0 bridgehead atoms. The summed E-state index contributed by atoms with van der Waals surface area (Å²) in [7, 11) is 1.83. The summed E-state index contributed by atoms with van der Waals surface area (Å²) in [5, 5.41) is 11.0. The van der Waals surface area contributed by atoms with Crippen LogP contribution in [0.15, 0.2) is 42.5 Å². The molecule has 0 radical (unpaired) electrons. The van der Waals surface area contributed by atoms with Crippen molar-refractivity contribution in [3.8, 4) is 0 Å². The monoisotopic (exact) mass is 308 g/mol. The van der Waals surface area contributed by atoms with E-state index in [1.807, 2.05) is 11.9 Å². The van der Waals surface area contributed by atoms with E-state index < -0.39 is 4.92 Å². The summed E-state index contributed by atoms with van der Waals surface area (Å²) in [5.41, 5.74) is 1.22. The van der Waals surface area contributed by atoms with Crippen molar-refractivity contribution < 1.29 is 9.31 Å². The molecule has 0 saturated carbocycles. The Bertz CT molecular complexity index is 664. The highest BCUT2D eigenvalue weighted by Gasteiger charge is 2.14. The van der Waals surface area contributed by atoms with E-state index in [0.717, 1.165) is 5.56 Å². The van der Waals surface area contributed by atoms with Gasteiger partial charge in [0.15, 0.2) is 0 Å². The molecule has 2 rings (SSSR count). The van der Waals surface area contributed by atoms with Gasteiger partial charge in [-0.05, 0) is 24.7 Å². The number of nitro benzene ring substituents is 1. The molecule has 2 aromatic rings. The van der Waals surface area contributed by atoms with Gasteiger partial charge in [0, 0.05) is 24.7 Å². The molecular weight excluding hydrogens is 295 g/mol. The van der Waals surface area contributed by atoms with E-state index in [1.165, 1.54) is 18.2 Å². The lowest BCUT2D eigenvalue weighted by Gasteiger charge is -2.17. The van der Waals surface area contributed by atoms with Gasteiger partial charge in [0.05, 0.1) is 4.92 Å². The standard InChI is InChI=1S/C15H14ClFN2O2/c1-18(10-12-4-2-3-5-14(12)17)9-11-6-7-13(16)15(8-11)19(20)21/h2-8H,9-10H2,1H3. The Labute approximate surface area is 126 Å². The molecule has 0 saturated heterocycles. The van der Waals surface area contributed by atoms with Gasteiger partial charge in [-0.15, -0.1) is 0 Å². The number of hydrogen-bond donors (Lipinski definition) is 0. The molecule has 0 unspecified atom stereocenters. The smallest absolute Gasteiger partial charge is 0.288 e. The van der Waals surface area contributed by atoms with E-state index >= 15 is 0 Å². The Morgan fingerprint density at radius 2 is 1.95 bits per heavy atom. The summed E-state index contributed by atoms with van der Waals surface area (Å²) >= 11 is 5.77. The molecule has 0 fully saturated rings. The van der Waals surface area contributed by atoms with Crippen molar-refractivity contribution in [2.75, 3.05) is 7.05 Å². The predicted molar refractivity (Wildman–Crippen MR) is 79.7 cm³/mol. The number of nitrogens with zero attached hydrogens (tertiary/aromatic N) is 2. The van der Waals surface area contributed by atoms with Crippen LogP contribution in [0.2, 0.25) is 5.02 Å². The second-order valence-electron chi connectivity index (χ2n) is 4.81. The number of halogens is 2. The molecule has 21 heavy (non-hydrogen) atoms. The summed E-state index contributed by atoms with van der Waals surface area (Å²) in [6.45, 7) is 0.884. The Morgan fingerprint density at radius 1 is 1.24 bits per heavy atom. The lowest BCUT2D eigenvalue weighted by Crippen LogP contribution is -2.18. The van der Waals surface area contributed by atoms with Gasteiger partial charge in [0.2, 0.25) is 0 Å². The fourth-order valence-electron chi connectivity index (χ4n) is 2.08. The Balaban J connectivity index is 2.09. The second kappa shape index (κ2) is 6.65. The minimum atomic E-state index is -0.511. The lowest BCUT2D eigenvalue weighted by molar-refractivity contribution is -0.384. The highest BCUT2D eigenvalue weighted by molar-refractivity contribution is 6.32. The Morgan fingerprint density at radius 3 is 2.62 bits per heavy atom. The van der Waals surface area contributed by atoms with Crippen molar-refractivity contribution in [3.63, 3.8) is 0 Å². The van der Waals surface area contributed by atoms with Crippen LogP contribution in [0, 0.1) is 15.9 Å². The minimum Gasteiger partial charge on any atom is -0.298 e. The molecule has 0 N–H and O–H groups in total. The minimum absolute atomic E-state index is 0.112. The lowest BCUT2D eigenvalue weighted by atomic mass is 10.1. The first-order chi connectivity index (χ1) is 9.97. The highest BCUT2D eigenvalue weighted by Crippen LogP contribution is 2.25. The average molecular weight is 309 g/mol. The summed E-state index contributed by atoms with van der Waals surface area (Å²) in [6.07, 6.45) is 0. The van der Waals surface area contributed by atoms with Gasteiger partial charge < -0.3 is 0 Å².